The first-order chi connectivity index (χ1) is 9.37. The van der Waals surface area contributed by atoms with Crippen LogP contribution < -0.4 is 0 Å². The number of rotatable bonds is 2. The molecule has 1 fully saturated rings. The van der Waals surface area contributed by atoms with Crippen LogP contribution in [0.15, 0.2) is 23.6 Å². The van der Waals surface area contributed by atoms with Crippen molar-refractivity contribution in [3.05, 3.63) is 18.6 Å². The van der Waals surface area contributed by atoms with Gasteiger partial charge in [-0.1, -0.05) is 0 Å². The minimum atomic E-state index is -1.24. The summed E-state index contributed by atoms with van der Waals surface area (Å²) in [5.41, 5.74) is -0.515. The van der Waals surface area contributed by atoms with Crippen LogP contribution in [-0.2, 0) is 15.5 Å². The van der Waals surface area contributed by atoms with Crippen LogP contribution in [0.5, 0.6) is 0 Å². The van der Waals surface area contributed by atoms with Crippen LogP contribution in [-0.4, -0.2) is 49.1 Å². The quantitative estimate of drug-likeness (QED) is 0.829. The van der Waals surface area contributed by atoms with Crippen LogP contribution >= 0.6 is 0 Å². The van der Waals surface area contributed by atoms with Crippen molar-refractivity contribution < 1.29 is 13.7 Å². The fraction of sp³-hybridized carbons (Fsp3) is 0.615. The van der Waals surface area contributed by atoms with Crippen molar-refractivity contribution in [2.24, 2.45) is 0 Å². The number of carbonyl (C=O) groups is 1. The maximum absolute atomic E-state index is 12.3. The highest BCUT2D eigenvalue weighted by Gasteiger charge is 2.33. The molecule has 1 amide bonds. The summed E-state index contributed by atoms with van der Waals surface area (Å²) in [6.45, 7) is 6.48. The molecular formula is C13H19N3O3S. The smallest absolute Gasteiger partial charge is 0.410 e. The fourth-order valence-electron chi connectivity index (χ4n) is 1.96. The predicted molar refractivity (Wildman–Crippen MR) is 74.7 cm³/mol. The molecule has 0 aliphatic carbocycles. The van der Waals surface area contributed by atoms with E-state index < -0.39 is 16.4 Å². The molecule has 2 atom stereocenters. The SMILES string of the molecule is CC(C)(C)OC(=O)N1CC[C@@H](S(=O)c2cnccn2)C1. The molecule has 0 spiro atoms. The summed E-state index contributed by atoms with van der Waals surface area (Å²) < 4.78 is 17.6. The van der Waals surface area contributed by atoms with Crippen LogP contribution in [0.4, 0.5) is 4.79 Å². The standard InChI is InChI=1S/C13H19N3O3S/c1-13(2,3)19-12(17)16-7-4-10(9-16)20(18)11-8-14-5-6-15-11/h5-6,8,10H,4,7,9H2,1-3H3/t10-,20?/m1/s1. The summed E-state index contributed by atoms with van der Waals surface area (Å²) in [7, 11) is -1.24. The Hall–Kier alpha value is -1.50. The third-order valence-electron chi connectivity index (χ3n) is 2.85. The van der Waals surface area contributed by atoms with Gasteiger partial charge in [0.1, 0.15) is 10.6 Å². The van der Waals surface area contributed by atoms with E-state index in [1.54, 1.807) is 11.1 Å². The monoisotopic (exact) mass is 297 g/mol. The largest absolute Gasteiger partial charge is 0.444 e. The Morgan fingerprint density at radius 1 is 1.45 bits per heavy atom. The lowest BCUT2D eigenvalue weighted by atomic mass is 10.2. The summed E-state index contributed by atoms with van der Waals surface area (Å²) >= 11 is 0. The van der Waals surface area contributed by atoms with Crippen molar-refractivity contribution in [3.63, 3.8) is 0 Å². The minimum Gasteiger partial charge on any atom is -0.444 e. The van der Waals surface area contributed by atoms with E-state index in [9.17, 15) is 9.00 Å². The molecule has 6 nitrogen and oxygen atoms in total. The van der Waals surface area contributed by atoms with E-state index in [4.69, 9.17) is 4.74 Å². The van der Waals surface area contributed by atoms with Crippen LogP contribution in [0, 0.1) is 0 Å². The Bertz CT molecular complexity index is 501. The molecule has 1 aliphatic rings. The average molecular weight is 297 g/mol. The van der Waals surface area contributed by atoms with E-state index in [0.717, 1.165) is 0 Å². The normalized spacial score (nSPS) is 20.8. The molecule has 2 heterocycles. The Morgan fingerprint density at radius 3 is 2.80 bits per heavy atom. The molecule has 7 heteroatoms. The average Bonchev–Trinajstić information content (AvgIpc) is 2.86. The maximum atomic E-state index is 12.3. The van der Waals surface area contributed by atoms with E-state index in [0.29, 0.717) is 24.5 Å². The number of likely N-dealkylation sites (tertiary alicyclic amines) is 1. The Labute approximate surface area is 121 Å². The molecule has 1 saturated heterocycles. The lowest BCUT2D eigenvalue weighted by Crippen LogP contribution is -2.36. The molecule has 1 unspecified atom stereocenters. The molecule has 0 bridgehead atoms. The summed E-state index contributed by atoms with van der Waals surface area (Å²) in [5, 5.41) is 0.350. The van der Waals surface area contributed by atoms with Gasteiger partial charge in [0.05, 0.1) is 22.2 Å². The summed E-state index contributed by atoms with van der Waals surface area (Å²) in [4.78, 5) is 21.5. The molecular weight excluding hydrogens is 278 g/mol. The first kappa shape index (κ1) is 14.9. The lowest BCUT2D eigenvalue weighted by molar-refractivity contribution is 0.0295. The van der Waals surface area contributed by atoms with Gasteiger partial charge in [-0.3, -0.25) is 9.19 Å². The number of nitrogens with zero attached hydrogens (tertiary/aromatic N) is 3. The van der Waals surface area contributed by atoms with Gasteiger partial charge in [-0.2, -0.15) is 0 Å². The zero-order valence-electron chi connectivity index (χ0n) is 11.9. The van der Waals surface area contributed by atoms with Gasteiger partial charge in [-0.05, 0) is 27.2 Å². The Kier molecular flexibility index (Phi) is 4.37. The Morgan fingerprint density at radius 2 is 2.20 bits per heavy atom. The van der Waals surface area contributed by atoms with E-state index in [-0.39, 0.29) is 11.3 Å². The summed E-state index contributed by atoms with van der Waals surface area (Å²) in [5.74, 6) is 0. The highest BCUT2D eigenvalue weighted by Crippen LogP contribution is 2.21. The molecule has 1 aromatic rings. The van der Waals surface area contributed by atoms with Crippen molar-refractivity contribution in [1.82, 2.24) is 14.9 Å². The first-order valence-corrected chi connectivity index (χ1v) is 7.72. The molecule has 20 heavy (non-hydrogen) atoms. The highest BCUT2D eigenvalue weighted by molar-refractivity contribution is 7.85. The second-order valence-corrected chi connectivity index (χ2v) is 7.36. The van der Waals surface area contributed by atoms with Crippen molar-refractivity contribution >= 4 is 16.9 Å². The fourth-order valence-corrected chi connectivity index (χ4v) is 3.26. The van der Waals surface area contributed by atoms with Gasteiger partial charge in [-0.15, -0.1) is 0 Å². The number of hydrogen-bond donors (Lipinski definition) is 0. The van der Waals surface area contributed by atoms with Crippen LogP contribution in [0.2, 0.25) is 0 Å². The molecule has 1 aliphatic heterocycles. The number of amides is 1. The van der Waals surface area contributed by atoms with Gasteiger partial charge in [0.2, 0.25) is 0 Å². The third-order valence-corrected chi connectivity index (χ3v) is 4.46. The molecule has 1 aromatic heterocycles. The number of aromatic nitrogens is 2. The number of carbonyl (C=O) groups excluding carboxylic acids is 1. The van der Waals surface area contributed by atoms with E-state index in [1.165, 1.54) is 12.4 Å². The molecule has 110 valence electrons. The van der Waals surface area contributed by atoms with Crippen molar-refractivity contribution in [1.29, 1.82) is 0 Å². The Balaban J connectivity index is 1.96. The molecule has 0 radical (unpaired) electrons. The van der Waals surface area contributed by atoms with Gasteiger partial charge in [0, 0.05) is 25.5 Å². The minimum absolute atomic E-state index is 0.112. The number of ether oxygens (including phenoxy) is 1. The van der Waals surface area contributed by atoms with Crippen LogP contribution in [0.1, 0.15) is 27.2 Å². The predicted octanol–water partition coefficient (Wildman–Crippen LogP) is 1.59. The van der Waals surface area contributed by atoms with Crippen molar-refractivity contribution in [3.8, 4) is 0 Å². The zero-order valence-corrected chi connectivity index (χ0v) is 12.7. The molecule has 0 aromatic carbocycles. The second kappa shape index (κ2) is 5.87. The maximum Gasteiger partial charge on any atom is 0.410 e. The third kappa shape index (κ3) is 3.75. The number of hydrogen-bond acceptors (Lipinski definition) is 5. The molecule has 0 N–H and O–H groups in total. The van der Waals surface area contributed by atoms with E-state index in [1.807, 2.05) is 20.8 Å². The van der Waals surface area contributed by atoms with Gasteiger partial charge >= 0.3 is 6.09 Å². The van der Waals surface area contributed by atoms with Crippen LogP contribution in [0.25, 0.3) is 0 Å². The molecule has 0 saturated carbocycles. The summed E-state index contributed by atoms with van der Waals surface area (Å²) in [6, 6.07) is 0. The second-order valence-electron chi connectivity index (χ2n) is 5.68. The van der Waals surface area contributed by atoms with Gasteiger partial charge in [0.15, 0.2) is 0 Å². The van der Waals surface area contributed by atoms with Gasteiger partial charge in [-0.25, -0.2) is 9.78 Å². The van der Waals surface area contributed by atoms with Crippen molar-refractivity contribution in [2.75, 3.05) is 13.1 Å². The van der Waals surface area contributed by atoms with E-state index >= 15 is 0 Å². The van der Waals surface area contributed by atoms with E-state index in [2.05, 4.69) is 9.97 Å². The summed E-state index contributed by atoms with van der Waals surface area (Å²) in [6.07, 6.45) is 4.90. The first-order valence-electron chi connectivity index (χ1n) is 6.51. The van der Waals surface area contributed by atoms with Gasteiger partial charge < -0.3 is 9.64 Å². The lowest BCUT2D eigenvalue weighted by Gasteiger charge is -2.24. The van der Waals surface area contributed by atoms with Crippen LogP contribution in [0.3, 0.4) is 0 Å². The van der Waals surface area contributed by atoms with Crippen molar-refractivity contribution in [2.45, 2.75) is 43.1 Å². The molecule has 2 rings (SSSR count). The highest BCUT2D eigenvalue weighted by atomic mass is 32.2. The zero-order chi connectivity index (χ0) is 14.8. The topological polar surface area (TPSA) is 72.4 Å². The van der Waals surface area contributed by atoms with Gasteiger partial charge in [0.25, 0.3) is 0 Å².